The number of hydrogen-bond acceptors (Lipinski definition) is 4. The summed E-state index contributed by atoms with van der Waals surface area (Å²) in [7, 11) is 0. The van der Waals surface area contributed by atoms with Crippen molar-refractivity contribution in [1.29, 1.82) is 0 Å². The summed E-state index contributed by atoms with van der Waals surface area (Å²) in [5.41, 5.74) is 0.269. The van der Waals surface area contributed by atoms with Gasteiger partial charge >= 0.3 is 0 Å². The minimum Gasteiger partial charge on any atom is -0.337 e. The molecule has 1 aliphatic carbocycles. The summed E-state index contributed by atoms with van der Waals surface area (Å²) in [6.07, 6.45) is 6.34. The van der Waals surface area contributed by atoms with E-state index >= 15 is 0 Å². The van der Waals surface area contributed by atoms with Crippen LogP contribution in [-0.2, 0) is 5.41 Å². The van der Waals surface area contributed by atoms with Gasteiger partial charge in [0, 0.05) is 31.1 Å². The summed E-state index contributed by atoms with van der Waals surface area (Å²) in [4.78, 5) is 7.12. The summed E-state index contributed by atoms with van der Waals surface area (Å²) >= 11 is 0. The molecule has 1 aliphatic heterocycles. The predicted molar refractivity (Wildman–Crippen MR) is 76.5 cm³/mol. The van der Waals surface area contributed by atoms with Crippen LogP contribution in [0.4, 0.5) is 5.95 Å². The number of nitrogens with zero attached hydrogens (tertiary/aromatic N) is 3. The molecule has 0 amide bonds. The van der Waals surface area contributed by atoms with E-state index in [-0.39, 0.29) is 5.41 Å². The molecule has 1 aromatic rings. The van der Waals surface area contributed by atoms with E-state index in [1.165, 1.54) is 32.1 Å². The number of anilines is 1. The van der Waals surface area contributed by atoms with Crippen LogP contribution in [-0.4, -0.2) is 40.9 Å². The molecule has 3 rings (SSSR count). The van der Waals surface area contributed by atoms with Gasteiger partial charge in [-0.15, -0.1) is 5.10 Å². The van der Waals surface area contributed by atoms with E-state index in [2.05, 4.69) is 34.3 Å². The highest BCUT2D eigenvalue weighted by Crippen LogP contribution is 2.42. The Bertz CT molecular complexity index is 421. The van der Waals surface area contributed by atoms with Crippen LogP contribution in [0.25, 0.3) is 0 Å². The van der Waals surface area contributed by atoms with Gasteiger partial charge in [-0.1, -0.05) is 19.8 Å². The Morgan fingerprint density at radius 2 is 2.16 bits per heavy atom. The summed E-state index contributed by atoms with van der Waals surface area (Å²) in [5.74, 6) is 2.01. The van der Waals surface area contributed by atoms with Gasteiger partial charge in [0.2, 0.25) is 5.95 Å². The third-order valence-electron chi connectivity index (χ3n) is 4.86. The second-order valence-electron chi connectivity index (χ2n) is 6.13. The average molecular weight is 263 g/mol. The smallest absolute Gasteiger partial charge is 0.244 e. The number of hydrogen-bond donors (Lipinski definition) is 2. The second kappa shape index (κ2) is 5.12. The lowest BCUT2D eigenvalue weighted by atomic mass is 9.83. The van der Waals surface area contributed by atoms with Crippen molar-refractivity contribution in [2.24, 2.45) is 0 Å². The van der Waals surface area contributed by atoms with E-state index in [0.717, 1.165) is 31.4 Å². The molecule has 5 heteroatoms. The SMILES string of the molecule is CCC1(c2nc(N3CCN[C@@H](C)C3)n[nH]2)CCCC1. The van der Waals surface area contributed by atoms with Gasteiger partial charge in [0.1, 0.15) is 5.82 Å². The Morgan fingerprint density at radius 1 is 1.37 bits per heavy atom. The largest absolute Gasteiger partial charge is 0.337 e. The molecule has 5 nitrogen and oxygen atoms in total. The number of rotatable bonds is 3. The number of H-pyrrole nitrogens is 1. The molecule has 0 radical (unpaired) electrons. The molecule has 0 bridgehead atoms. The van der Waals surface area contributed by atoms with Crippen LogP contribution >= 0.6 is 0 Å². The number of piperazine rings is 1. The lowest BCUT2D eigenvalue weighted by Crippen LogP contribution is -2.49. The first-order valence-electron chi connectivity index (χ1n) is 7.65. The van der Waals surface area contributed by atoms with E-state index < -0.39 is 0 Å². The monoisotopic (exact) mass is 263 g/mol. The van der Waals surface area contributed by atoms with Crippen molar-refractivity contribution in [2.45, 2.75) is 57.4 Å². The van der Waals surface area contributed by atoms with Crippen LogP contribution in [0.3, 0.4) is 0 Å². The van der Waals surface area contributed by atoms with E-state index in [1.807, 2.05) is 0 Å². The zero-order chi connectivity index (χ0) is 13.3. The molecule has 1 saturated heterocycles. The highest BCUT2D eigenvalue weighted by molar-refractivity contribution is 5.31. The van der Waals surface area contributed by atoms with Crippen molar-refractivity contribution in [3.8, 4) is 0 Å². The normalized spacial score (nSPS) is 26.8. The Balaban J connectivity index is 1.79. The van der Waals surface area contributed by atoms with E-state index in [4.69, 9.17) is 4.98 Å². The zero-order valence-corrected chi connectivity index (χ0v) is 12.1. The van der Waals surface area contributed by atoms with Gasteiger partial charge in [-0.05, 0) is 26.2 Å². The predicted octanol–water partition coefficient (Wildman–Crippen LogP) is 1.82. The van der Waals surface area contributed by atoms with Crippen LogP contribution in [0, 0.1) is 0 Å². The van der Waals surface area contributed by atoms with Gasteiger partial charge in [0.15, 0.2) is 0 Å². The molecule has 1 saturated carbocycles. The molecule has 2 N–H and O–H groups in total. The van der Waals surface area contributed by atoms with Crippen molar-refractivity contribution in [3.63, 3.8) is 0 Å². The molecule has 1 atom stereocenters. The lowest BCUT2D eigenvalue weighted by Gasteiger charge is -2.31. The molecule has 1 aromatic heterocycles. The zero-order valence-electron chi connectivity index (χ0n) is 12.1. The van der Waals surface area contributed by atoms with Crippen LogP contribution in [0.5, 0.6) is 0 Å². The highest BCUT2D eigenvalue weighted by Gasteiger charge is 2.37. The van der Waals surface area contributed by atoms with Crippen LogP contribution in [0.15, 0.2) is 0 Å². The van der Waals surface area contributed by atoms with Crippen LogP contribution in [0.1, 0.15) is 51.8 Å². The molecule has 0 unspecified atom stereocenters. The van der Waals surface area contributed by atoms with E-state index in [1.54, 1.807) is 0 Å². The summed E-state index contributed by atoms with van der Waals surface area (Å²) in [6.45, 7) is 7.51. The first-order chi connectivity index (χ1) is 9.23. The van der Waals surface area contributed by atoms with Crippen molar-refractivity contribution in [1.82, 2.24) is 20.5 Å². The molecule has 2 fully saturated rings. The fourth-order valence-corrected chi connectivity index (χ4v) is 3.56. The third kappa shape index (κ3) is 2.36. The Kier molecular flexibility index (Phi) is 3.48. The molecular formula is C14H25N5. The maximum Gasteiger partial charge on any atom is 0.244 e. The Morgan fingerprint density at radius 3 is 2.84 bits per heavy atom. The summed E-state index contributed by atoms with van der Waals surface area (Å²) in [5, 5.41) is 11.2. The topological polar surface area (TPSA) is 56.8 Å². The third-order valence-corrected chi connectivity index (χ3v) is 4.86. The summed E-state index contributed by atoms with van der Waals surface area (Å²) in [6, 6.07) is 0.516. The Hall–Kier alpha value is -1.10. The first-order valence-corrected chi connectivity index (χ1v) is 7.65. The van der Waals surface area contributed by atoms with Gasteiger partial charge in [-0.25, -0.2) is 0 Å². The number of aromatic amines is 1. The maximum atomic E-state index is 4.82. The average Bonchev–Trinajstić information content (AvgIpc) is 3.08. The molecule has 106 valence electrons. The molecule has 2 aliphatic rings. The van der Waals surface area contributed by atoms with Gasteiger partial charge in [-0.2, -0.15) is 4.98 Å². The second-order valence-corrected chi connectivity index (χ2v) is 6.13. The molecule has 0 aromatic carbocycles. The quantitative estimate of drug-likeness (QED) is 0.873. The lowest BCUT2D eigenvalue weighted by molar-refractivity contribution is 0.399. The molecular weight excluding hydrogens is 238 g/mol. The van der Waals surface area contributed by atoms with Crippen molar-refractivity contribution in [2.75, 3.05) is 24.5 Å². The van der Waals surface area contributed by atoms with E-state index in [9.17, 15) is 0 Å². The van der Waals surface area contributed by atoms with Crippen LogP contribution < -0.4 is 10.2 Å². The van der Waals surface area contributed by atoms with Gasteiger partial charge < -0.3 is 10.2 Å². The number of nitrogens with one attached hydrogen (secondary N) is 2. The first kappa shape index (κ1) is 12.9. The molecule has 19 heavy (non-hydrogen) atoms. The van der Waals surface area contributed by atoms with Gasteiger partial charge in [0.05, 0.1) is 0 Å². The Labute approximate surface area is 115 Å². The minimum absolute atomic E-state index is 0.269. The van der Waals surface area contributed by atoms with Gasteiger partial charge in [-0.3, -0.25) is 5.10 Å². The maximum absolute atomic E-state index is 4.82. The minimum atomic E-state index is 0.269. The molecule has 0 spiro atoms. The summed E-state index contributed by atoms with van der Waals surface area (Å²) < 4.78 is 0. The fourth-order valence-electron chi connectivity index (χ4n) is 3.56. The standard InChI is InChI=1S/C14H25N5/c1-3-14(6-4-5-7-14)12-16-13(18-17-12)19-9-8-15-11(2)10-19/h11,15H,3-10H2,1-2H3,(H,16,17,18)/t11-/m0/s1. The van der Waals surface area contributed by atoms with Crippen molar-refractivity contribution in [3.05, 3.63) is 5.82 Å². The molecule has 2 heterocycles. The highest BCUT2D eigenvalue weighted by atomic mass is 15.4. The van der Waals surface area contributed by atoms with Crippen molar-refractivity contribution < 1.29 is 0 Å². The van der Waals surface area contributed by atoms with Gasteiger partial charge in [0.25, 0.3) is 0 Å². The van der Waals surface area contributed by atoms with Crippen LogP contribution in [0.2, 0.25) is 0 Å². The van der Waals surface area contributed by atoms with E-state index in [0.29, 0.717) is 6.04 Å². The van der Waals surface area contributed by atoms with Crippen molar-refractivity contribution >= 4 is 5.95 Å². The fraction of sp³-hybridized carbons (Fsp3) is 0.857. The number of aromatic nitrogens is 3.